The number of nitrogens with one attached hydrogen (secondary N) is 1. The van der Waals surface area contributed by atoms with Crippen LogP contribution in [0, 0.1) is 0 Å². The molecule has 1 amide bonds. The highest BCUT2D eigenvalue weighted by atomic mass is 35.5. The molecule has 0 bridgehead atoms. The SMILES string of the molecule is COc1ccc(-c2cc(C3(C(=O)Nc4cccc(Cl)c4Cl)CC3)no2)cc1OC. The highest BCUT2D eigenvalue weighted by Gasteiger charge is 2.54. The lowest BCUT2D eigenvalue weighted by atomic mass is 10.00. The van der Waals surface area contributed by atoms with Crippen molar-refractivity contribution in [1.82, 2.24) is 5.16 Å². The zero-order chi connectivity index (χ0) is 20.6. The number of benzene rings is 2. The molecular weight excluding hydrogens is 415 g/mol. The summed E-state index contributed by atoms with van der Waals surface area (Å²) in [5.74, 6) is 1.56. The van der Waals surface area contributed by atoms with Crippen LogP contribution in [0.15, 0.2) is 47.0 Å². The number of rotatable bonds is 6. The number of carbonyl (C=O) groups is 1. The lowest BCUT2D eigenvalue weighted by Gasteiger charge is -2.13. The highest BCUT2D eigenvalue weighted by molar-refractivity contribution is 6.44. The number of aromatic nitrogens is 1. The molecule has 8 heteroatoms. The van der Waals surface area contributed by atoms with E-state index in [0.29, 0.717) is 51.5 Å². The van der Waals surface area contributed by atoms with Gasteiger partial charge in [-0.1, -0.05) is 34.4 Å². The molecule has 1 N–H and O–H groups in total. The summed E-state index contributed by atoms with van der Waals surface area (Å²) in [5, 5.41) is 7.71. The lowest BCUT2D eigenvalue weighted by Crippen LogP contribution is -2.28. The number of ether oxygens (including phenoxy) is 2. The fourth-order valence-electron chi connectivity index (χ4n) is 3.19. The van der Waals surface area contributed by atoms with Crippen molar-refractivity contribution in [2.24, 2.45) is 0 Å². The maximum absolute atomic E-state index is 13.0. The molecule has 29 heavy (non-hydrogen) atoms. The van der Waals surface area contributed by atoms with Crippen LogP contribution in [-0.2, 0) is 10.2 Å². The molecule has 0 unspecified atom stereocenters. The van der Waals surface area contributed by atoms with Gasteiger partial charge in [0.1, 0.15) is 0 Å². The molecule has 0 atom stereocenters. The molecule has 1 aliphatic carbocycles. The van der Waals surface area contributed by atoms with Crippen molar-refractivity contribution in [3.8, 4) is 22.8 Å². The van der Waals surface area contributed by atoms with Crippen LogP contribution in [0.1, 0.15) is 18.5 Å². The predicted octanol–water partition coefficient (Wildman–Crippen LogP) is 5.34. The fourth-order valence-corrected chi connectivity index (χ4v) is 3.54. The largest absolute Gasteiger partial charge is 0.493 e. The Balaban J connectivity index is 1.59. The van der Waals surface area contributed by atoms with Crippen LogP contribution in [0.2, 0.25) is 10.0 Å². The first kappa shape index (κ1) is 19.6. The van der Waals surface area contributed by atoms with Crippen LogP contribution in [0.25, 0.3) is 11.3 Å². The topological polar surface area (TPSA) is 73.6 Å². The van der Waals surface area contributed by atoms with Crippen molar-refractivity contribution in [2.45, 2.75) is 18.3 Å². The number of halogens is 2. The van der Waals surface area contributed by atoms with Crippen molar-refractivity contribution in [2.75, 3.05) is 19.5 Å². The molecule has 1 aromatic heterocycles. The fraction of sp³-hybridized carbons (Fsp3) is 0.238. The molecule has 2 aromatic carbocycles. The minimum atomic E-state index is -0.732. The summed E-state index contributed by atoms with van der Waals surface area (Å²) >= 11 is 12.2. The van der Waals surface area contributed by atoms with Crippen LogP contribution >= 0.6 is 23.2 Å². The van der Waals surface area contributed by atoms with E-state index in [1.165, 1.54) is 0 Å². The van der Waals surface area contributed by atoms with E-state index >= 15 is 0 Å². The summed E-state index contributed by atoms with van der Waals surface area (Å²) in [6.07, 6.45) is 1.35. The van der Waals surface area contributed by atoms with E-state index in [1.807, 2.05) is 6.07 Å². The Hall–Kier alpha value is -2.70. The first-order chi connectivity index (χ1) is 14.0. The summed E-state index contributed by atoms with van der Waals surface area (Å²) in [6, 6.07) is 12.3. The molecule has 6 nitrogen and oxygen atoms in total. The second-order valence-corrected chi connectivity index (χ2v) is 7.57. The van der Waals surface area contributed by atoms with E-state index in [-0.39, 0.29) is 5.91 Å². The second-order valence-electron chi connectivity index (χ2n) is 6.78. The number of hydrogen-bond donors (Lipinski definition) is 1. The van der Waals surface area contributed by atoms with Gasteiger partial charge in [0, 0.05) is 11.6 Å². The third-order valence-electron chi connectivity index (χ3n) is 5.05. The van der Waals surface area contributed by atoms with Crippen molar-refractivity contribution in [1.29, 1.82) is 0 Å². The normalized spacial score (nSPS) is 14.3. The van der Waals surface area contributed by atoms with Gasteiger partial charge in [0.2, 0.25) is 5.91 Å². The first-order valence-electron chi connectivity index (χ1n) is 8.93. The molecule has 1 aliphatic rings. The maximum atomic E-state index is 13.0. The van der Waals surface area contributed by atoms with E-state index < -0.39 is 5.41 Å². The third kappa shape index (κ3) is 3.54. The van der Waals surface area contributed by atoms with Crippen LogP contribution in [0.4, 0.5) is 5.69 Å². The van der Waals surface area contributed by atoms with Gasteiger partial charge in [-0.05, 0) is 43.2 Å². The van der Waals surface area contributed by atoms with Gasteiger partial charge < -0.3 is 19.3 Å². The summed E-state index contributed by atoms with van der Waals surface area (Å²) in [6.45, 7) is 0. The van der Waals surface area contributed by atoms with Crippen LogP contribution < -0.4 is 14.8 Å². The van der Waals surface area contributed by atoms with Crippen molar-refractivity contribution < 1.29 is 18.8 Å². The number of anilines is 1. The first-order valence-corrected chi connectivity index (χ1v) is 9.69. The van der Waals surface area contributed by atoms with Gasteiger partial charge in [-0.15, -0.1) is 0 Å². The molecule has 0 saturated heterocycles. The van der Waals surface area contributed by atoms with Crippen LogP contribution in [0.5, 0.6) is 11.5 Å². The zero-order valence-corrected chi connectivity index (χ0v) is 17.3. The maximum Gasteiger partial charge on any atom is 0.236 e. The number of methoxy groups -OCH3 is 2. The average Bonchev–Trinajstić information content (AvgIpc) is 3.40. The van der Waals surface area contributed by atoms with E-state index in [2.05, 4.69) is 10.5 Å². The van der Waals surface area contributed by atoms with Gasteiger partial charge in [-0.3, -0.25) is 4.79 Å². The lowest BCUT2D eigenvalue weighted by molar-refractivity contribution is -0.118. The number of amides is 1. The van der Waals surface area contributed by atoms with Gasteiger partial charge >= 0.3 is 0 Å². The van der Waals surface area contributed by atoms with E-state index in [4.69, 9.17) is 37.2 Å². The molecule has 0 spiro atoms. The monoisotopic (exact) mass is 432 g/mol. The number of hydrogen-bond acceptors (Lipinski definition) is 5. The molecule has 1 heterocycles. The minimum absolute atomic E-state index is 0.186. The summed E-state index contributed by atoms with van der Waals surface area (Å²) in [4.78, 5) is 13.0. The number of nitrogens with zero attached hydrogens (tertiary/aromatic N) is 1. The summed E-state index contributed by atoms with van der Waals surface area (Å²) < 4.78 is 16.1. The van der Waals surface area contributed by atoms with E-state index in [1.54, 1.807) is 50.6 Å². The van der Waals surface area contributed by atoms with Crippen molar-refractivity contribution in [3.63, 3.8) is 0 Å². The third-order valence-corrected chi connectivity index (χ3v) is 5.87. The van der Waals surface area contributed by atoms with Crippen molar-refractivity contribution >= 4 is 34.8 Å². The number of carbonyl (C=O) groups excluding carboxylic acids is 1. The molecule has 4 rings (SSSR count). The van der Waals surface area contributed by atoms with Gasteiger partial charge in [-0.2, -0.15) is 0 Å². The molecule has 0 aliphatic heterocycles. The Morgan fingerprint density at radius 1 is 1.10 bits per heavy atom. The Kier molecular flexibility index (Phi) is 5.15. The Bertz CT molecular complexity index is 1080. The molecule has 150 valence electrons. The van der Waals surface area contributed by atoms with Gasteiger partial charge in [0.05, 0.1) is 41.1 Å². The van der Waals surface area contributed by atoms with Gasteiger partial charge in [-0.25, -0.2) is 0 Å². The molecular formula is C21H18Cl2N2O4. The smallest absolute Gasteiger partial charge is 0.236 e. The van der Waals surface area contributed by atoms with Crippen molar-refractivity contribution in [3.05, 3.63) is 58.2 Å². The molecule has 3 aromatic rings. The second kappa shape index (κ2) is 7.61. The summed E-state index contributed by atoms with van der Waals surface area (Å²) in [7, 11) is 3.14. The van der Waals surface area contributed by atoms with E-state index in [9.17, 15) is 4.79 Å². The van der Waals surface area contributed by atoms with Crippen LogP contribution in [-0.4, -0.2) is 25.3 Å². The zero-order valence-electron chi connectivity index (χ0n) is 15.8. The molecule has 1 saturated carbocycles. The van der Waals surface area contributed by atoms with Gasteiger partial charge in [0.25, 0.3) is 0 Å². The van der Waals surface area contributed by atoms with Crippen LogP contribution in [0.3, 0.4) is 0 Å². The standard InChI is InChI=1S/C21H18Cl2N2O4/c1-27-15-7-6-12(10-17(15)28-2)16-11-18(25-29-16)21(8-9-21)20(26)24-14-5-3-4-13(22)19(14)23/h3-7,10-11H,8-9H2,1-2H3,(H,24,26). The van der Waals surface area contributed by atoms with Gasteiger partial charge in [0.15, 0.2) is 17.3 Å². The minimum Gasteiger partial charge on any atom is -0.493 e. The molecule has 1 fully saturated rings. The summed E-state index contributed by atoms with van der Waals surface area (Å²) in [5.41, 5.74) is 1.09. The Labute approximate surface area is 177 Å². The predicted molar refractivity (Wildman–Crippen MR) is 111 cm³/mol. The molecule has 0 radical (unpaired) electrons. The Morgan fingerprint density at radius 2 is 1.86 bits per heavy atom. The highest BCUT2D eigenvalue weighted by Crippen LogP contribution is 2.49. The quantitative estimate of drug-likeness (QED) is 0.569. The van der Waals surface area contributed by atoms with E-state index in [0.717, 1.165) is 5.56 Å². The Morgan fingerprint density at radius 3 is 2.55 bits per heavy atom. The average molecular weight is 433 g/mol.